The third-order valence-electron chi connectivity index (χ3n) is 4.11. The largest absolute Gasteiger partial charge is 0.478 e. The summed E-state index contributed by atoms with van der Waals surface area (Å²) in [7, 11) is 0. The van der Waals surface area contributed by atoms with Crippen molar-refractivity contribution in [2.24, 2.45) is 0 Å². The van der Waals surface area contributed by atoms with Crippen LogP contribution in [0.5, 0.6) is 0 Å². The molecule has 2 aromatic heterocycles. The highest BCUT2D eigenvalue weighted by Crippen LogP contribution is 2.31. The maximum Gasteiger partial charge on any atom is 0.335 e. The predicted octanol–water partition coefficient (Wildman–Crippen LogP) is 3.13. The quantitative estimate of drug-likeness (QED) is 0.941. The molecule has 0 spiro atoms. The van der Waals surface area contributed by atoms with E-state index in [9.17, 15) is 9.59 Å². The van der Waals surface area contributed by atoms with Gasteiger partial charge in [0.2, 0.25) is 0 Å². The predicted molar refractivity (Wildman–Crippen MR) is 82.1 cm³/mol. The van der Waals surface area contributed by atoms with Crippen LogP contribution < -0.4 is 0 Å². The van der Waals surface area contributed by atoms with Crippen LogP contribution in [0.15, 0.2) is 41.1 Å². The van der Waals surface area contributed by atoms with Crippen LogP contribution in [0, 0.1) is 0 Å². The summed E-state index contributed by atoms with van der Waals surface area (Å²) in [5.74, 6) is -0.564. The second kappa shape index (κ2) is 6.64. The van der Waals surface area contributed by atoms with Crippen LogP contribution in [0.25, 0.3) is 0 Å². The Morgan fingerprint density at radius 2 is 2.13 bits per heavy atom. The first-order chi connectivity index (χ1) is 11.2. The molecule has 1 aliphatic rings. The first kappa shape index (κ1) is 15.3. The summed E-state index contributed by atoms with van der Waals surface area (Å²) in [5.41, 5.74) is 0.219. The molecule has 6 heteroatoms. The molecule has 1 amide bonds. The van der Waals surface area contributed by atoms with Gasteiger partial charge >= 0.3 is 5.97 Å². The Morgan fingerprint density at radius 3 is 2.87 bits per heavy atom. The summed E-state index contributed by atoms with van der Waals surface area (Å²) in [6.45, 7) is 0.614. The minimum atomic E-state index is -1.07. The minimum Gasteiger partial charge on any atom is -0.478 e. The maximum atomic E-state index is 12.9. The molecule has 23 heavy (non-hydrogen) atoms. The van der Waals surface area contributed by atoms with Crippen LogP contribution in [0.3, 0.4) is 0 Å². The van der Waals surface area contributed by atoms with Gasteiger partial charge in [-0.25, -0.2) is 4.79 Å². The van der Waals surface area contributed by atoms with Gasteiger partial charge in [-0.3, -0.25) is 9.78 Å². The van der Waals surface area contributed by atoms with E-state index in [4.69, 9.17) is 9.52 Å². The fraction of sp³-hybridized carbons (Fsp3) is 0.353. The van der Waals surface area contributed by atoms with E-state index in [0.29, 0.717) is 6.54 Å². The maximum absolute atomic E-state index is 12.9. The van der Waals surface area contributed by atoms with Crippen LogP contribution in [0.4, 0.5) is 0 Å². The summed E-state index contributed by atoms with van der Waals surface area (Å²) in [4.78, 5) is 29.8. The number of furan rings is 1. The summed E-state index contributed by atoms with van der Waals surface area (Å²) in [5, 5.41) is 9.08. The van der Waals surface area contributed by atoms with Crippen LogP contribution in [-0.4, -0.2) is 33.4 Å². The number of aromatic nitrogens is 1. The molecule has 1 atom stereocenters. The van der Waals surface area contributed by atoms with E-state index in [1.54, 1.807) is 11.2 Å². The van der Waals surface area contributed by atoms with Crippen LogP contribution in [0.2, 0.25) is 0 Å². The Labute approximate surface area is 133 Å². The number of carbonyl (C=O) groups excluding carboxylic acids is 1. The second-order valence-corrected chi connectivity index (χ2v) is 5.61. The van der Waals surface area contributed by atoms with Gasteiger partial charge in [-0.05, 0) is 37.1 Å². The number of carboxylic acid groups (broad SMARTS) is 1. The van der Waals surface area contributed by atoms with E-state index in [1.807, 2.05) is 12.1 Å². The number of likely N-dealkylation sites (tertiary alicyclic amines) is 1. The Bertz CT molecular complexity index is 696. The van der Waals surface area contributed by atoms with Gasteiger partial charge < -0.3 is 14.4 Å². The number of pyridine rings is 1. The van der Waals surface area contributed by atoms with Gasteiger partial charge in [0, 0.05) is 12.7 Å². The van der Waals surface area contributed by atoms with Crippen molar-refractivity contribution in [3.8, 4) is 0 Å². The lowest BCUT2D eigenvalue weighted by Crippen LogP contribution is -2.35. The lowest BCUT2D eigenvalue weighted by Gasteiger charge is -2.28. The fourth-order valence-corrected chi connectivity index (χ4v) is 2.96. The molecule has 1 unspecified atom stereocenters. The summed E-state index contributed by atoms with van der Waals surface area (Å²) < 4.78 is 5.50. The molecular weight excluding hydrogens is 296 g/mol. The first-order valence-corrected chi connectivity index (χ1v) is 7.70. The highest BCUT2D eigenvalue weighted by molar-refractivity contribution is 5.96. The van der Waals surface area contributed by atoms with Gasteiger partial charge in [-0.2, -0.15) is 0 Å². The Morgan fingerprint density at radius 1 is 1.26 bits per heavy atom. The van der Waals surface area contributed by atoms with Gasteiger partial charge in [0.15, 0.2) is 0 Å². The van der Waals surface area contributed by atoms with Crippen molar-refractivity contribution < 1.29 is 19.1 Å². The molecule has 6 nitrogen and oxygen atoms in total. The molecular formula is C17H18N2O4. The number of nitrogens with zero attached hydrogens (tertiary/aromatic N) is 2. The van der Waals surface area contributed by atoms with E-state index in [1.165, 1.54) is 18.3 Å². The van der Waals surface area contributed by atoms with Crippen molar-refractivity contribution >= 4 is 11.9 Å². The number of hydrogen-bond donors (Lipinski definition) is 1. The number of amides is 1. The highest BCUT2D eigenvalue weighted by atomic mass is 16.4. The molecule has 1 fully saturated rings. The summed E-state index contributed by atoms with van der Waals surface area (Å²) >= 11 is 0. The van der Waals surface area contributed by atoms with Crippen molar-refractivity contribution in [3.63, 3.8) is 0 Å². The van der Waals surface area contributed by atoms with Crippen molar-refractivity contribution in [1.82, 2.24) is 9.88 Å². The van der Waals surface area contributed by atoms with E-state index >= 15 is 0 Å². The van der Waals surface area contributed by atoms with Gasteiger partial charge in [-0.1, -0.05) is 12.8 Å². The standard InChI is InChI=1S/C17H18N2O4/c20-16(13-11-12(17(21)22)7-8-18-13)19-9-3-1-2-5-14(19)15-6-4-10-23-15/h4,6-8,10-11,14H,1-3,5,9H2,(H,21,22). The molecule has 2 aromatic rings. The summed E-state index contributed by atoms with van der Waals surface area (Å²) in [6.07, 6.45) is 6.79. The SMILES string of the molecule is O=C(O)c1ccnc(C(=O)N2CCCCCC2c2ccco2)c1. The topological polar surface area (TPSA) is 83.6 Å². The Balaban J connectivity index is 1.91. The normalized spacial score (nSPS) is 18.4. The molecule has 0 radical (unpaired) electrons. The Hall–Kier alpha value is -2.63. The molecule has 1 saturated heterocycles. The minimum absolute atomic E-state index is 0.0627. The zero-order valence-corrected chi connectivity index (χ0v) is 12.6. The van der Waals surface area contributed by atoms with Crippen molar-refractivity contribution in [2.45, 2.75) is 31.7 Å². The highest BCUT2D eigenvalue weighted by Gasteiger charge is 2.30. The third-order valence-corrected chi connectivity index (χ3v) is 4.11. The third kappa shape index (κ3) is 3.26. The number of hydrogen-bond acceptors (Lipinski definition) is 4. The number of rotatable bonds is 3. The molecule has 3 rings (SSSR count). The van der Waals surface area contributed by atoms with E-state index < -0.39 is 5.97 Å². The number of carboxylic acids is 1. The first-order valence-electron chi connectivity index (χ1n) is 7.70. The molecule has 3 heterocycles. The lowest BCUT2D eigenvalue weighted by molar-refractivity contribution is 0.0652. The summed E-state index contributed by atoms with van der Waals surface area (Å²) in [6, 6.07) is 6.26. The van der Waals surface area contributed by atoms with Gasteiger partial charge in [0.1, 0.15) is 11.5 Å². The van der Waals surface area contributed by atoms with Crippen LogP contribution >= 0.6 is 0 Å². The van der Waals surface area contributed by atoms with Crippen molar-refractivity contribution in [2.75, 3.05) is 6.54 Å². The lowest BCUT2D eigenvalue weighted by atomic mass is 10.1. The number of aromatic carboxylic acids is 1. The van der Waals surface area contributed by atoms with Gasteiger partial charge in [-0.15, -0.1) is 0 Å². The van der Waals surface area contributed by atoms with E-state index in [2.05, 4.69) is 4.98 Å². The average molecular weight is 314 g/mol. The molecule has 1 aliphatic heterocycles. The Kier molecular flexibility index (Phi) is 4.41. The average Bonchev–Trinajstić information content (AvgIpc) is 2.99. The molecule has 0 saturated carbocycles. The van der Waals surface area contributed by atoms with Crippen molar-refractivity contribution in [1.29, 1.82) is 0 Å². The fourth-order valence-electron chi connectivity index (χ4n) is 2.96. The van der Waals surface area contributed by atoms with E-state index in [0.717, 1.165) is 31.4 Å². The number of carbonyl (C=O) groups is 2. The smallest absolute Gasteiger partial charge is 0.335 e. The monoisotopic (exact) mass is 314 g/mol. The van der Waals surface area contributed by atoms with E-state index in [-0.39, 0.29) is 23.2 Å². The zero-order chi connectivity index (χ0) is 16.2. The zero-order valence-electron chi connectivity index (χ0n) is 12.6. The second-order valence-electron chi connectivity index (χ2n) is 5.61. The molecule has 0 bridgehead atoms. The van der Waals surface area contributed by atoms with Crippen molar-refractivity contribution in [3.05, 3.63) is 53.7 Å². The molecule has 120 valence electrons. The van der Waals surface area contributed by atoms with Crippen LogP contribution in [-0.2, 0) is 0 Å². The molecule has 0 aliphatic carbocycles. The van der Waals surface area contributed by atoms with Crippen LogP contribution in [0.1, 0.15) is 58.3 Å². The molecule has 0 aromatic carbocycles. The van der Waals surface area contributed by atoms with Gasteiger partial charge in [0.25, 0.3) is 5.91 Å². The van der Waals surface area contributed by atoms with Gasteiger partial charge in [0.05, 0.1) is 17.9 Å². The molecule has 1 N–H and O–H groups in total.